The Morgan fingerprint density at radius 2 is 1.85 bits per heavy atom. The summed E-state index contributed by atoms with van der Waals surface area (Å²) in [6.07, 6.45) is 2.91. The molecule has 0 bridgehead atoms. The quantitative estimate of drug-likeness (QED) is 0.186. The van der Waals surface area contributed by atoms with E-state index in [0.29, 0.717) is 30.1 Å². The molecule has 60 heavy (non-hydrogen) atoms. The van der Waals surface area contributed by atoms with Gasteiger partial charge < -0.3 is 24.8 Å². The first-order valence-electron chi connectivity index (χ1n) is 20.2. The molecule has 3 N–H and O–H groups in total. The fourth-order valence-corrected chi connectivity index (χ4v) is 9.90. The average Bonchev–Trinajstić information content (AvgIpc) is 4.06. The highest BCUT2D eigenvalue weighted by atomic mass is 32.2. The van der Waals surface area contributed by atoms with E-state index in [-0.39, 0.29) is 68.2 Å². The lowest BCUT2D eigenvalue weighted by atomic mass is 9.84. The summed E-state index contributed by atoms with van der Waals surface area (Å²) in [6.45, 7) is 6.36. The van der Waals surface area contributed by atoms with Crippen molar-refractivity contribution in [3.8, 4) is 11.6 Å². The number of sulfonamides is 1. The van der Waals surface area contributed by atoms with E-state index in [9.17, 15) is 32.3 Å². The second-order valence-corrected chi connectivity index (χ2v) is 19.5. The van der Waals surface area contributed by atoms with Crippen LogP contribution in [0.5, 0.6) is 11.6 Å². The summed E-state index contributed by atoms with van der Waals surface area (Å²) in [6, 6.07) is 0.971. The minimum absolute atomic E-state index is 0.00706. The molecule has 6 rings (SSSR count). The Labute approximate surface area is 346 Å². The molecule has 0 spiro atoms. The number of amides is 4. The lowest BCUT2D eigenvalue weighted by Crippen LogP contribution is -2.66. The standard InChI is InChI=1S/C41H53F4N5O9S/c1-7-58-31-17-25-12-15-46-34(28(25)19-29(31)43)59-27-18-30-33(51)47-41(36(53)48-60(56,57)40(22-42)13-14-40)20-26(41)11-9-8-10-23(2)16-24(3)32(35(52)49(30)21-27)50(37(54)55)38(4,5)39(6,44)45/h9,11-12,15,17,19,23-24,26-27,30,32H,7-8,10,13-14,16,18,20-22H2,1-6H3,(H,47,51)(H,48,53)(H,54,55)/t23-,24+,26+,27+,30-,32-,41+/m0/s1. The SMILES string of the molecule is CCOc1cc2ccnc(O[C@@H]3C[C@H]4C(=O)N[C@]5(C(=O)NS(=O)(=O)C6(CF)CC6)C[C@H]5C=CCC[C@H](C)C[C@@H](C)[C@H](N(C(=O)O)C(C)(C)C(C)(F)F)C(=O)N4C3)c2cc1F. The monoisotopic (exact) mass is 867 g/mol. The zero-order valence-corrected chi connectivity index (χ0v) is 35.3. The van der Waals surface area contributed by atoms with E-state index in [1.807, 2.05) is 11.6 Å². The van der Waals surface area contributed by atoms with Crippen LogP contribution in [0.4, 0.5) is 22.4 Å². The topological polar surface area (TPSA) is 185 Å². The molecule has 4 amide bonds. The predicted molar refractivity (Wildman–Crippen MR) is 211 cm³/mol. The van der Waals surface area contributed by atoms with Gasteiger partial charge in [0.05, 0.1) is 13.2 Å². The van der Waals surface area contributed by atoms with Gasteiger partial charge in [0.2, 0.25) is 27.7 Å². The second kappa shape index (κ2) is 16.3. The van der Waals surface area contributed by atoms with Gasteiger partial charge in [-0.15, -0.1) is 0 Å². The molecule has 0 unspecified atom stereocenters. The van der Waals surface area contributed by atoms with Gasteiger partial charge in [-0.3, -0.25) is 24.0 Å². The Hall–Kier alpha value is -4.68. The van der Waals surface area contributed by atoms with Gasteiger partial charge in [-0.1, -0.05) is 26.0 Å². The number of ether oxygens (including phenoxy) is 2. The fraction of sp³-hybridized carbons (Fsp3) is 0.634. The molecule has 4 aliphatic rings. The molecule has 2 aliphatic carbocycles. The van der Waals surface area contributed by atoms with Crippen LogP contribution in [-0.4, -0.2) is 112 Å². The molecule has 19 heteroatoms. The number of rotatable bonds is 11. The van der Waals surface area contributed by atoms with Crippen molar-refractivity contribution in [1.29, 1.82) is 0 Å². The Morgan fingerprint density at radius 3 is 2.47 bits per heavy atom. The first-order valence-corrected chi connectivity index (χ1v) is 21.7. The zero-order chi connectivity index (χ0) is 44.2. The lowest BCUT2D eigenvalue weighted by Gasteiger charge is -2.47. The number of halogens is 4. The van der Waals surface area contributed by atoms with Crippen molar-refractivity contribution in [2.75, 3.05) is 19.8 Å². The number of pyridine rings is 1. The Bertz CT molecular complexity index is 2160. The van der Waals surface area contributed by atoms with E-state index in [1.54, 1.807) is 32.1 Å². The van der Waals surface area contributed by atoms with Crippen molar-refractivity contribution in [3.63, 3.8) is 0 Å². The number of carbonyl (C=O) groups excluding carboxylic acids is 3. The van der Waals surface area contributed by atoms with E-state index in [1.165, 1.54) is 12.3 Å². The summed E-state index contributed by atoms with van der Waals surface area (Å²) in [7, 11) is -4.50. The van der Waals surface area contributed by atoms with Crippen molar-refractivity contribution in [2.24, 2.45) is 17.8 Å². The Morgan fingerprint density at radius 1 is 1.15 bits per heavy atom. The maximum atomic E-state index is 15.4. The highest BCUT2D eigenvalue weighted by Crippen LogP contribution is 2.48. The number of allylic oxidation sites excluding steroid dienone is 1. The summed E-state index contributed by atoms with van der Waals surface area (Å²) in [5, 5.41) is 14.0. The molecular formula is C41H53F4N5O9S. The minimum atomic E-state index is -4.50. The van der Waals surface area contributed by atoms with Crippen molar-refractivity contribution in [1.82, 2.24) is 24.8 Å². The first kappa shape index (κ1) is 44.9. The molecule has 14 nitrogen and oxygen atoms in total. The predicted octanol–water partition coefficient (Wildman–Crippen LogP) is 5.74. The van der Waals surface area contributed by atoms with Gasteiger partial charge in [0.15, 0.2) is 11.6 Å². The van der Waals surface area contributed by atoms with Gasteiger partial charge in [0.25, 0.3) is 11.8 Å². The number of carboxylic acid groups (broad SMARTS) is 1. The molecule has 7 atom stereocenters. The van der Waals surface area contributed by atoms with E-state index in [4.69, 9.17) is 9.47 Å². The van der Waals surface area contributed by atoms with Gasteiger partial charge in [0, 0.05) is 30.8 Å². The Balaban J connectivity index is 1.42. The van der Waals surface area contributed by atoms with Crippen molar-refractivity contribution in [2.45, 2.75) is 126 Å². The largest absolute Gasteiger partial charge is 0.491 e. The number of alkyl halides is 3. The van der Waals surface area contributed by atoms with Crippen LogP contribution >= 0.6 is 0 Å². The maximum absolute atomic E-state index is 15.4. The summed E-state index contributed by atoms with van der Waals surface area (Å²) in [4.78, 5) is 62.5. The summed E-state index contributed by atoms with van der Waals surface area (Å²) >= 11 is 0. The first-order chi connectivity index (χ1) is 28.0. The molecule has 1 saturated heterocycles. The summed E-state index contributed by atoms with van der Waals surface area (Å²) in [5.41, 5.74) is -4.26. The van der Waals surface area contributed by atoms with E-state index in [2.05, 4.69) is 10.3 Å². The van der Waals surface area contributed by atoms with Crippen molar-refractivity contribution < 1.29 is 59.7 Å². The normalized spacial score (nSPS) is 28.4. The average molecular weight is 868 g/mol. The maximum Gasteiger partial charge on any atom is 0.408 e. The molecule has 2 saturated carbocycles. The van der Waals surface area contributed by atoms with Gasteiger partial charge in [-0.2, -0.15) is 0 Å². The van der Waals surface area contributed by atoms with Crippen LogP contribution in [0.3, 0.4) is 0 Å². The third kappa shape index (κ3) is 8.34. The van der Waals surface area contributed by atoms with Crippen LogP contribution in [0.2, 0.25) is 0 Å². The van der Waals surface area contributed by atoms with E-state index >= 15 is 18.0 Å². The molecule has 1 aromatic carbocycles. The highest BCUT2D eigenvalue weighted by Gasteiger charge is 2.64. The van der Waals surface area contributed by atoms with Crippen LogP contribution in [0.25, 0.3) is 10.8 Å². The molecule has 2 aliphatic heterocycles. The molecule has 2 aromatic rings. The van der Waals surface area contributed by atoms with Crippen LogP contribution in [0.15, 0.2) is 36.5 Å². The third-order valence-corrected chi connectivity index (χ3v) is 14.9. The molecule has 1 aromatic heterocycles. The van der Waals surface area contributed by atoms with Gasteiger partial charge >= 0.3 is 6.09 Å². The van der Waals surface area contributed by atoms with Gasteiger partial charge in [-0.25, -0.2) is 35.8 Å². The van der Waals surface area contributed by atoms with E-state index < -0.39 is 98.1 Å². The number of carbonyl (C=O) groups is 4. The number of hydrogen-bond donors (Lipinski definition) is 3. The number of benzene rings is 1. The minimum Gasteiger partial charge on any atom is -0.491 e. The van der Waals surface area contributed by atoms with Gasteiger partial charge in [0.1, 0.15) is 40.7 Å². The van der Waals surface area contributed by atoms with Gasteiger partial charge in [-0.05, 0) is 94.7 Å². The number of fused-ring (bicyclic) bond motifs is 3. The highest BCUT2D eigenvalue weighted by molar-refractivity contribution is 7.91. The molecule has 0 radical (unpaired) electrons. The number of hydrogen-bond acceptors (Lipinski definition) is 9. The third-order valence-electron chi connectivity index (χ3n) is 12.7. The summed E-state index contributed by atoms with van der Waals surface area (Å²) in [5.74, 6) is -9.12. The zero-order valence-electron chi connectivity index (χ0n) is 34.5. The van der Waals surface area contributed by atoms with Crippen LogP contribution in [0, 0.1) is 23.6 Å². The lowest BCUT2D eigenvalue weighted by molar-refractivity contribution is -0.156. The van der Waals surface area contributed by atoms with Crippen LogP contribution in [0.1, 0.15) is 86.5 Å². The molecule has 330 valence electrons. The van der Waals surface area contributed by atoms with E-state index in [0.717, 1.165) is 24.8 Å². The molecule has 3 heterocycles. The summed E-state index contributed by atoms with van der Waals surface area (Å²) < 4.78 is 98.0. The second-order valence-electron chi connectivity index (χ2n) is 17.4. The molecule has 3 fully saturated rings. The Kier molecular flexibility index (Phi) is 12.2. The van der Waals surface area contributed by atoms with Crippen LogP contribution < -0.4 is 19.5 Å². The van der Waals surface area contributed by atoms with Crippen LogP contribution in [-0.2, 0) is 24.4 Å². The fourth-order valence-electron chi connectivity index (χ4n) is 8.48. The van der Waals surface area contributed by atoms with Crippen molar-refractivity contribution in [3.05, 3.63) is 42.4 Å². The smallest absolute Gasteiger partial charge is 0.408 e. The molecular weight excluding hydrogens is 815 g/mol. The van der Waals surface area contributed by atoms with Crippen molar-refractivity contribution >= 4 is 44.6 Å². The number of aromatic nitrogens is 1. The number of nitrogens with zero attached hydrogens (tertiary/aromatic N) is 3. The number of nitrogens with one attached hydrogen (secondary N) is 2.